The average Bonchev–Trinajstić information content (AvgIpc) is 2.84. The van der Waals surface area contributed by atoms with Crippen LogP contribution in [0.2, 0.25) is 0 Å². The minimum Gasteiger partial charge on any atom is -0.357 e. The van der Waals surface area contributed by atoms with Crippen molar-refractivity contribution in [3.63, 3.8) is 0 Å². The van der Waals surface area contributed by atoms with Gasteiger partial charge in [-0.25, -0.2) is 4.98 Å². The number of nitrogens with one attached hydrogen (secondary N) is 2. The molecule has 0 spiro atoms. The number of rotatable bonds is 9. The Kier molecular flexibility index (Phi) is 8.51. The molecule has 0 fully saturated rings. The predicted octanol–water partition coefficient (Wildman–Crippen LogP) is 2.33. The molecule has 0 bridgehead atoms. The molecule has 0 unspecified atom stereocenters. The second kappa shape index (κ2) is 10.3. The van der Waals surface area contributed by atoms with Crippen molar-refractivity contribution in [2.75, 3.05) is 19.6 Å². The number of aromatic nitrogens is 2. The van der Waals surface area contributed by atoms with Gasteiger partial charge < -0.3 is 15.2 Å². The normalized spacial score (nSPS) is 11.7. The van der Waals surface area contributed by atoms with E-state index in [1.165, 1.54) is 12.8 Å². The number of aliphatic imine (C=N–C) groups is 1. The van der Waals surface area contributed by atoms with Gasteiger partial charge in [-0.1, -0.05) is 13.3 Å². The lowest BCUT2D eigenvalue weighted by Crippen LogP contribution is -2.37. The molecule has 2 N–H and O–H groups in total. The Balaban J connectivity index is 2.20. The third-order valence-corrected chi connectivity index (χ3v) is 3.17. The molecule has 1 aromatic rings. The van der Waals surface area contributed by atoms with Crippen molar-refractivity contribution >= 4 is 5.96 Å². The van der Waals surface area contributed by atoms with Gasteiger partial charge in [-0.2, -0.15) is 0 Å². The SMILES string of the molecule is CCCCNC(=NCCCCn1ccnc1C)NCC. The predicted molar refractivity (Wildman–Crippen MR) is 85.1 cm³/mol. The minimum absolute atomic E-state index is 0.870. The Bertz CT molecular complexity index is 383. The quantitative estimate of drug-likeness (QED) is 0.414. The van der Waals surface area contributed by atoms with Crippen LogP contribution in [-0.4, -0.2) is 35.1 Å². The van der Waals surface area contributed by atoms with Crippen molar-refractivity contribution in [1.29, 1.82) is 0 Å². The van der Waals surface area contributed by atoms with Gasteiger partial charge in [0.15, 0.2) is 5.96 Å². The monoisotopic (exact) mass is 279 g/mol. The second-order valence-corrected chi connectivity index (χ2v) is 4.92. The Morgan fingerprint density at radius 3 is 2.75 bits per heavy atom. The fourth-order valence-electron chi connectivity index (χ4n) is 1.95. The van der Waals surface area contributed by atoms with Crippen LogP contribution >= 0.6 is 0 Å². The number of guanidine groups is 1. The molecule has 0 amide bonds. The molecule has 0 aliphatic rings. The molecule has 5 nitrogen and oxygen atoms in total. The molecule has 1 aromatic heterocycles. The van der Waals surface area contributed by atoms with Gasteiger partial charge in [0.25, 0.3) is 0 Å². The number of unbranched alkanes of at least 4 members (excludes halogenated alkanes) is 2. The zero-order valence-electron chi connectivity index (χ0n) is 13.2. The van der Waals surface area contributed by atoms with Crippen molar-refractivity contribution in [3.8, 4) is 0 Å². The van der Waals surface area contributed by atoms with Crippen molar-refractivity contribution < 1.29 is 0 Å². The van der Waals surface area contributed by atoms with Gasteiger partial charge in [-0.3, -0.25) is 4.99 Å². The maximum Gasteiger partial charge on any atom is 0.191 e. The molecule has 5 heteroatoms. The zero-order chi connectivity index (χ0) is 14.6. The lowest BCUT2D eigenvalue weighted by Gasteiger charge is -2.10. The molecule has 114 valence electrons. The Morgan fingerprint density at radius 2 is 2.10 bits per heavy atom. The highest BCUT2D eigenvalue weighted by Gasteiger charge is 1.97. The van der Waals surface area contributed by atoms with Gasteiger partial charge in [-0.05, 0) is 33.1 Å². The summed E-state index contributed by atoms with van der Waals surface area (Å²) < 4.78 is 2.19. The van der Waals surface area contributed by atoms with Crippen LogP contribution in [0.25, 0.3) is 0 Å². The van der Waals surface area contributed by atoms with Crippen LogP contribution in [0.5, 0.6) is 0 Å². The van der Waals surface area contributed by atoms with Crippen LogP contribution in [0.3, 0.4) is 0 Å². The summed E-state index contributed by atoms with van der Waals surface area (Å²) in [4.78, 5) is 8.82. The summed E-state index contributed by atoms with van der Waals surface area (Å²) in [5.74, 6) is 2.03. The van der Waals surface area contributed by atoms with Crippen LogP contribution in [-0.2, 0) is 6.54 Å². The number of hydrogen-bond donors (Lipinski definition) is 2. The molecule has 0 atom stereocenters. The van der Waals surface area contributed by atoms with E-state index < -0.39 is 0 Å². The molecule has 0 radical (unpaired) electrons. The smallest absolute Gasteiger partial charge is 0.191 e. The van der Waals surface area contributed by atoms with Crippen molar-refractivity contribution in [1.82, 2.24) is 20.2 Å². The molecule has 0 saturated carbocycles. The standard InChI is InChI=1S/C15H29N5/c1-4-6-9-18-15(16-5-2)19-10-7-8-12-20-13-11-17-14(20)3/h11,13H,4-10,12H2,1-3H3,(H2,16,18,19). The van der Waals surface area contributed by atoms with Crippen LogP contribution in [0.4, 0.5) is 0 Å². The number of hydrogen-bond acceptors (Lipinski definition) is 2. The maximum absolute atomic E-state index is 4.60. The minimum atomic E-state index is 0.870. The lowest BCUT2D eigenvalue weighted by molar-refractivity contribution is 0.600. The molecule has 0 aliphatic heterocycles. The first-order chi connectivity index (χ1) is 9.77. The van der Waals surface area contributed by atoms with E-state index in [1.54, 1.807) is 0 Å². The maximum atomic E-state index is 4.60. The van der Waals surface area contributed by atoms with Crippen molar-refractivity contribution in [3.05, 3.63) is 18.2 Å². The summed E-state index contributed by atoms with van der Waals surface area (Å²) in [6, 6.07) is 0. The molecule has 0 aliphatic carbocycles. The summed E-state index contributed by atoms with van der Waals surface area (Å²) >= 11 is 0. The Hall–Kier alpha value is -1.52. The van der Waals surface area contributed by atoms with Gasteiger partial charge in [0.05, 0.1) is 0 Å². The number of imidazole rings is 1. The van der Waals surface area contributed by atoms with E-state index in [2.05, 4.69) is 39.0 Å². The zero-order valence-corrected chi connectivity index (χ0v) is 13.2. The topological polar surface area (TPSA) is 54.2 Å². The highest BCUT2D eigenvalue weighted by atomic mass is 15.2. The second-order valence-electron chi connectivity index (χ2n) is 4.92. The molecular formula is C15H29N5. The summed E-state index contributed by atoms with van der Waals surface area (Å²) in [7, 11) is 0. The highest BCUT2D eigenvalue weighted by molar-refractivity contribution is 5.79. The molecule has 0 aromatic carbocycles. The van der Waals surface area contributed by atoms with Crippen molar-refractivity contribution in [2.45, 2.75) is 53.0 Å². The van der Waals surface area contributed by atoms with Gasteiger partial charge in [0, 0.05) is 38.6 Å². The summed E-state index contributed by atoms with van der Waals surface area (Å²) in [5.41, 5.74) is 0. The summed E-state index contributed by atoms with van der Waals surface area (Å²) in [5, 5.41) is 6.64. The third kappa shape index (κ3) is 6.59. The van der Waals surface area contributed by atoms with Crippen LogP contribution in [0.1, 0.15) is 45.4 Å². The van der Waals surface area contributed by atoms with Crippen LogP contribution < -0.4 is 10.6 Å². The first-order valence-corrected chi connectivity index (χ1v) is 7.77. The summed E-state index contributed by atoms with van der Waals surface area (Å²) in [6.07, 6.45) is 8.52. The van der Waals surface area contributed by atoms with E-state index in [4.69, 9.17) is 0 Å². The molecule has 1 rings (SSSR count). The number of aryl methyl sites for hydroxylation is 2. The van der Waals surface area contributed by atoms with E-state index in [-0.39, 0.29) is 0 Å². The largest absolute Gasteiger partial charge is 0.357 e. The first-order valence-electron chi connectivity index (χ1n) is 7.77. The van der Waals surface area contributed by atoms with Gasteiger partial charge in [0.1, 0.15) is 5.82 Å². The molecular weight excluding hydrogens is 250 g/mol. The average molecular weight is 279 g/mol. The van der Waals surface area contributed by atoms with E-state index in [9.17, 15) is 0 Å². The molecule has 20 heavy (non-hydrogen) atoms. The fraction of sp³-hybridized carbons (Fsp3) is 0.733. The third-order valence-electron chi connectivity index (χ3n) is 3.17. The van der Waals surface area contributed by atoms with Crippen LogP contribution in [0, 0.1) is 6.92 Å². The summed E-state index contributed by atoms with van der Waals surface area (Å²) in [6.45, 7) is 10.1. The van der Waals surface area contributed by atoms with Crippen LogP contribution in [0.15, 0.2) is 17.4 Å². The Morgan fingerprint density at radius 1 is 1.25 bits per heavy atom. The van der Waals surface area contributed by atoms with Crippen molar-refractivity contribution in [2.24, 2.45) is 4.99 Å². The highest BCUT2D eigenvalue weighted by Crippen LogP contribution is 2.00. The first kappa shape index (κ1) is 16.5. The molecule has 0 saturated heterocycles. The number of nitrogens with zero attached hydrogens (tertiary/aromatic N) is 3. The fourth-order valence-corrected chi connectivity index (χ4v) is 1.95. The Labute approximate surface area is 122 Å². The van der Waals surface area contributed by atoms with E-state index in [0.29, 0.717) is 0 Å². The van der Waals surface area contributed by atoms with E-state index in [1.807, 2.05) is 19.3 Å². The lowest BCUT2D eigenvalue weighted by atomic mass is 10.3. The van der Waals surface area contributed by atoms with E-state index in [0.717, 1.165) is 50.8 Å². The van der Waals surface area contributed by atoms with E-state index >= 15 is 0 Å². The van der Waals surface area contributed by atoms with Gasteiger partial charge >= 0.3 is 0 Å². The van der Waals surface area contributed by atoms with Gasteiger partial charge in [0.2, 0.25) is 0 Å². The molecule has 1 heterocycles. The van der Waals surface area contributed by atoms with Gasteiger partial charge in [-0.15, -0.1) is 0 Å².